The zero-order valence-electron chi connectivity index (χ0n) is 10.6. The summed E-state index contributed by atoms with van der Waals surface area (Å²) in [6, 6.07) is 6.75. The Morgan fingerprint density at radius 2 is 2.17 bits per heavy atom. The maximum absolute atomic E-state index is 6.37. The summed E-state index contributed by atoms with van der Waals surface area (Å²) < 4.78 is 0. The zero-order valence-corrected chi connectivity index (χ0v) is 11.4. The van der Waals surface area contributed by atoms with Crippen molar-refractivity contribution in [3.63, 3.8) is 0 Å². The molecular formula is C14H20ClN3. The molecular weight excluding hydrogens is 246 g/mol. The van der Waals surface area contributed by atoms with Crippen molar-refractivity contribution in [1.82, 2.24) is 4.90 Å². The minimum Gasteiger partial charge on any atom is -0.367 e. The second kappa shape index (κ2) is 5.08. The van der Waals surface area contributed by atoms with Crippen molar-refractivity contribution in [2.45, 2.75) is 25.4 Å². The van der Waals surface area contributed by atoms with Crippen LogP contribution in [-0.4, -0.2) is 37.1 Å². The Morgan fingerprint density at radius 3 is 3.00 bits per heavy atom. The van der Waals surface area contributed by atoms with Crippen LogP contribution in [-0.2, 0) is 6.54 Å². The summed E-state index contributed by atoms with van der Waals surface area (Å²) in [7, 11) is 0. The predicted octanol–water partition coefficient (Wildman–Crippen LogP) is 2.08. The van der Waals surface area contributed by atoms with Crippen molar-refractivity contribution >= 4 is 17.3 Å². The molecule has 98 valence electrons. The van der Waals surface area contributed by atoms with Gasteiger partial charge in [-0.3, -0.25) is 4.90 Å². The van der Waals surface area contributed by atoms with E-state index < -0.39 is 0 Å². The van der Waals surface area contributed by atoms with E-state index in [1.807, 2.05) is 12.1 Å². The summed E-state index contributed by atoms with van der Waals surface area (Å²) in [4.78, 5) is 5.03. The van der Waals surface area contributed by atoms with Crippen LogP contribution >= 0.6 is 11.6 Å². The number of hydrogen-bond acceptors (Lipinski definition) is 3. The Morgan fingerprint density at radius 1 is 1.28 bits per heavy atom. The maximum Gasteiger partial charge on any atom is 0.0642 e. The first-order chi connectivity index (χ1) is 8.79. The van der Waals surface area contributed by atoms with E-state index in [0.29, 0.717) is 12.6 Å². The highest BCUT2D eigenvalue weighted by molar-refractivity contribution is 6.33. The van der Waals surface area contributed by atoms with Gasteiger partial charge in [-0.2, -0.15) is 0 Å². The average Bonchev–Trinajstić information content (AvgIpc) is 2.85. The van der Waals surface area contributed by atoms with Gasteiger partial charge in [0.05, 0.1) is 10.7 Å². The average molecular weight is 266 g/mol. The summed E-state index contributed by atoms with van der Waals surface area (Å²) in [5.74, 6) is 0. The van der Waals surface area contributed by atoms with E-state index in [1.54, 1.807) is 0 Å². The van der Waals surface area contributed by atoms with Crippen LogP contribution in [0.1, 0.15) is 18.4 Å². The lowest BCUT2D eigenvalue weighted by Gasteiger charge is -2.39. The molecule has 0 spiro atoms. The number of nitrogens with two attached hydrogens (primary N) is 1. The molecule has 0 aromatic heterocycles. The minimum absolute atomic E-state index is 0.556. The van der Waals surface area contributed by atoms with Gasteiger partial charge in [-0.05, 0) is 31.0 Å². The minimum atomic E-state index is 0.556. The number of piperazine rings is 1. The number of nitrogens with zero attached hydrogens (tertiary/aromatic N) is 2. The lowest BCUT2D eigenvalue weighted by Crippen LogP contribution is -2.50. The van der Waals surface area contributed by atoms with Crippen LogP contribution in [0.5, 0.6) is 0 Å². The lowest BCUT2D eigenvalue weighted by atomic mass is 10.1. The summed E-state index contributed by atoms with van der Waals surface area (Å²) in [5.41, 5.74) is 8.16. The van der Waals surface area contributed by atoms with E-state index in [0.717, 1.165) is 35.9 Å². The molecule has 1 unspecified atom stereocenters. The van der Waals surface area contributed by atoms with Gasteiger partial charge in [0.15, 0.2) is 0 Å². The Kier molecular flexibility index (Phi) is 3.46. The van der Waals surface area contributed by atoms with E-state index in [4.69, 9.17) is 17.3 Å². The van der Waals surface area contributed by atoms with Crippen molar-refractivity contribution < 1.29 is 0 Å². The van der Waals surface area contributed by atoms with Gasteiger partial charge in [-0.1, -0.05) is 23.7 Å². The van der Waals surface area contributed by atoms with Crippen molar-refractivity contribution in [1.29, 1.82) is 0 Å². The van der Waals surface area contributed by atoms with Crippen LogP contribution in [0.15, 0.2) is 18.2 Å². The summed E-state index contributed by atoms with van der Waals surface area (Å²) in [5, 5.41) is 0.837. The zero-order chi connectivity index (χ0) is 12.5. The molecule has 1 aromatic rings. The van der Waals surface area contributed by atoms with Gasteiger partial charge >= 0.3 is 0 Å². The number of fused-ring (bicyclic) bond motifs is 1. The van der Waals surface area contributed by atoms with Gasteiger partial charge in [0.25, 0.3) is 0 Å². The number of rotatable bonds is 2. The first-order valence-corrected chi connectivity index (χ1v) is 7.14. The highest BCUT2D eigenvalue weighted by Gasteiger charge is 2.31. The van der Waals surface area contributed by atoms with Crippen LogP contribution in [0.25, 0.3) is 0 Å². The Hall–Kier alpha value is -0.770. The highest BCUT2D eigenvalue weighted by Crippen LogP contribution is 2.33. The van der Waals surface area contributed by atoms with E-state index in [9.17, 15) is 0 Å². The van der Waals surface area contributed by atoms with Crippen molar-refractivity contribution in [3.8, 4) is 0 Å². The molecule has 18 heavy (non-hydrogen) atoms. The van der Waals surface area contributed by atoms with E-state index in [-0.39, 0.29) is 0 Å². The molecule has 2 saturated heterocycles. The normalized spacial score (nSPS) is 24.3. The fraction of sp³-hybridized carbons (Fsp3) is 0.571. The molecule has 2 fully saturated rings. The van der Waals surface area contributed by atoms with E-state index >= 15 is 0 Å². The number of para-hydroxylation sites is 1. The first-order valence-electron chi connectivity index (χ1n) is 6.76. The third-order valence-corrected chi connectivity index (χ3v) is 4.50. The standard InChI is InChI=1S/C14H20ClN3/c15-13-5-1-3-11(9-16)14(13)18-8-7-17-6-2-4-12(17)10-18/h1,3,5,12H,2,4,6-10,16H2. The van der Waals surface area contributed by atoms with Crippen molar-refractivity contribution in [2.75, 3.05) is 31.1 Å². The molecule has 2 N–H and O–H groups in total. The number of benzene rings is 1. The number of hydrogen-bond donors (Lipinski definition) is 1. The quantitative estimate of drug-likeness (QED) is 0.889. The second-order valence-corrected chi connectivity index (χ2v) is 5.64. The third-order valence-electron chi connectivity index (χ3n) is 4.19. The molecule has 0 bridgehead atoms. The van der Waals surface area contributed by atoms with Crippen molar-refractivity contribution in [3.05, 3.63) is 28.8 Å². The fourth-order valence-electron chi connectivity index (χ4n) is 3.27. The number of anilines is 1. The molecule has 0 aliphatic carbocycles. The van der Waals surface area contributed by atoms with Gasteiger partial charge in [0.2, 0.25) is 0 Å². The third kappa shape index (κ3) is 2.11. The van der Waals surface area contributed by atoms with E-state index in [2.05, 4.69) is 15.9 Å². The van der Waals surface area contributed by atoms with Gasteiger partial charge in [-0.15, -0.1) is 0 Å². The fourth-order valence-corrected chi connectivity index (χ4v) is 3.59. The number of halogens is 1. The second-order valence-electron chi connectivity index (χ2n) is 5.23. The van der Waals surface area contributed by atoms with Gasteiger partial charge < -0.3 is 10.6 Å². The smallest absolute Gasteiger partial charge is 0.0642 e. The monoisotopic (exact) mass is 265 g/mol. The summed E-state index contributed by atoms with van der Waals surface area (Å²) in [6.07, 6.45) is 2.66. The van der Waals surface area contributed by atoms with Crippen LogP contribution < -0.4 is 10.6 Å². The summed E-state index contributed by atoms with van der Waals surface area (Å²) >= 11 is 6.37. The van der Waals surface area contributed by atoms with Crippen LogP contribution in [0, 0.1) is 0 Å². The lowest BCUT2D eigenvalue weighted by molar-refractivity contribution is 0.231. The first kappa shape index (κ1) is 12.3. The van der Waals surface area contributed by atoms with Crippen LogP contribution in [0.3, 0.4) is 0 Å². The molecule has 0 amide bonds. The van der Waals surface area contributed by atoms with Crippen molar-refractivity contribution in [2.24, 2.45) is 5.73 Å². The molecule has 2 aliphatic rings. The molecule has 0 radical (unpaired) electrons. The van der Waals surface area contributed by atoms with E-state index in [1.165, 1.54) is 19.4 Å². The highest BCUT2D eigenvalue weighted by atomic mass is 35.5. The molecule has 3 nitrogen and oxygen atoms in total. The SMILES string of the molecule is NCc1cccc(Cl)c1N1CCN2CCCC2C1. The van der Waals surface area contributed by atoms with Crippen LogP contribution in [0.4, 0.5) is 5.69 Å². The molecule has 1 atom stereocenters. The predicted molar refractivity (Wildman–Crippen MR) is 76.2 cm³/mol. The molecule has 2 heterocycles. The summed E-state index contributed by atoms with van der Waals surface area (Å²) in [6.45, 7) is 5.13. The van der Waals surface area contributed by atoms with Crippen LogP contribution in [0.2, 0.25) is 5.02 Å². The van der Waals surface area contributed by atoms with Gasteiger partial charge in [-0.25, -0.2) is 0 Å². The topological polar surface area (TPSA) is 32.5 Å². The maximum atomic E-state index is 6.37. The van der Waals surface area contributed by atoms with Gasteiger partial charge in [0.1, 0.15) is 0 Å². The largest absolute Gasteiger partial charge is 0.367 e. The molecule has 4 heteroatoms. The molecule has 2 aliphatic heterocycles. The molecule has 3 rings (SSSR count). The Bertz CT molecular complexity index is 435. The van der Waals surface area contributed by atoms with Gasteiger partial charge in [0, 0.05) is 32.2 Å². The Labute approximate surface area is 114 Å². The Balaban J connectivity index is 1.86. The molecule has 0 saturated carbocycles. The molecule has 1 aromatic carbocycles.